The zero-order valence-electron chi connectivity index (χ0n) is 6.58. The predicted molar refractivity (Wildman–Crippen MR) is 45.8 cm³/mol. The van der Waals surface area contributed by atoms with Crippen molar-refractivity contribution in [2.24, 2.45) is 10.4 Å². The van der Waals surface area contributed by atoms with Crippen molar-refractivity contribution < 1.29 is 4.79 Å². The molecule has 0 N–H and O–H groups in total. The number of rotatable bonds is 3. The molecule has 1 atom stereocenters. The minimum Gasteiger partial charge on any atom is -0.266 e. The van der Waals surface area contributed by atoms with E-state index >= 15 is 0 Å². The summed E-state index contributed by atoms with van der Waals surface area (Å²) in [6.45, 7) is 0. The minimum atomic E-state index is -1.31. The zero-order chi connectivity index (χ0) is 9.68. The van der Waals surface area contributed by atoms with Crippen LogP contribution in [-0.2, 0) is 4.79 Å². The van der Waals surface area contributed by atoms with Gasteiger partial charge in [-0.15, -0.1) is 9.81 Å². The molecule has 0 aliphatic heterocycles. The first-order chi connectivity index (χ1) is 6.29. The van der Waals surface area contributed by atoms with E-state index in [1.54, 1.807) is 18.2 Å². The quantitative estimate of drug-likeness (QED) is 0.662. The Hall–Kier alpha value is -1.91. The monoisotopic (exact) mass is 178 g/mol. The lowest BCUT2D eigenvalue weighted by Crippen LogP contribution is -2.05. The molecule has 0 aromatic heterocycles. The normalized spacial score (nSPS) is 11.7. The van der Waals surface area contributed by atoms with Crippen LogP contribution in [0.5, 0.6) is 0 Å². The highest BCUT2D eigenvalue weighted by Crippen LogP contribution is 2.17. The summed E-state index contributed by atoms with van der Waals surface area (Å²) in [5.41, 5.74) is 0.377. The summed E-state index contributed by atoms with van der Waals surface area (Å²) in [4.78, 5) is 30.9. The third-order valence-corrected chi connectivity index (χ3v) is 1.54. The van der Waals surface area contributed by atoms with Crippen molar-refractivity contribution in [1.29, 1.82) is 0 Å². The third kappa shape index (κ3) is 2.02. The van der Waals surface area contributed by atoms with Crippen LogP contribution in [-0.4, -0.2) is 5.91 Å². The maximum Gasteiger partial charge on any atom is 0.318 e. The van der Waals surface area contributed by atoms with Gasteiger partial charge in [-0.2, -0.15) is 0 Å². The van der Waals surface area contributed by atoms with E-state index < -0.39 is 11.9 Å². The molecule has 0 spiro atoms. The molecule has 1 rings (SSSR count). The van der Waals surface area contributed by atoms with Gasteiger partial charge in [-0.3, -0.25) is 4.79 Å². The summed E-state index contributed by atoms with van der Waals surface area (Å²) in [6.07, 6.45) is 0. The summed E-state index contributed by atoms with van der Waals surface area (Å²) in [5, 5.41) is 4.69. The number of hydrogen-bond donors (Lipinski definition) is 0. The van der Waals surface area contributed by atoms with Gasteiger partial charge in [0.15, 0.2) is 0 Å². The van der Waals surface area contributed by atoms with Crippen molar-refractivity contribution >= 4 is 5.91 Å². The SMILES string of the molecule is O=NC(=O)[C@H](N=O)c1ccccc1. The van der Waals surface area contributed by atoms with E-state index in [9.17, 15) is 14.6 Å². The molecule has 13 heavy (non-hydrogen) atoms. The standard InChI is InChI=1S/C8H6N2O3/c11-8(10-13)7(9-12)6-4-2-1-3-5-6/h1-5,7H/t7-/m1/s1. The number of nitroso groups, excluding NO2 is 2. The highest BCUT2D eigenvalue weighted by Gasteiger charge is 2.21. The van der Waals surface area contributed by atoms with Crippen molar-refractivity contribution in [3.05, 3.63) is 45.7 Å². The van der Waals surface area contributed by atoms with E-state index in [2.05, 4.69) is 10.4 Å². The molecule has 0 fully saturated rings. The van der Waals surface area contributed by atoms with Crippen LogP contribution in [0, 0.1) is 9.81 Å². The second-order valence-electron chi connectivity index (χ2n) is 2.35. The topological polar surface area (TPSA) is 75.9 Å². The average molecular weight is 178 g/mol. The van der Waals surface area contributed by atoms with Crippen molar-refractivity contribution in [3.63, 3.8) is 0 Å². The zero-order valence-corrected chi connectivity index (χ0v) is 6.58. The van der Waals surface area contributed by atoms with Crippen molar-refractivity contribution in [1.82, 2.24) is 0 Å². The van der Waals surface area contributed by atoms with Gasteiger partial charge in [0.25, 0.3) is 0 Å². The molecule has 0 bridgehead atoms. The Bertz CT molecular complexity index is 323. The molecule has 0 saturated heterocycles. The van der Waals surface area contributed by atoms with Gasteiger partial charge in [-0.05, 0) is 5.56 Å². The van der Waals surface area contributed by atoms with Gasteiger partial charge in [0, 0.05) is 5.18 Å². The van der Waals surface area contributed by atoms with Crippen LogP contribution in [0.15, 0.2) is 40.7 Å². The molecule has 0 saturated carbocycles. The number of carbonyl (C=O) groups is 1. The highest BCUT2D eigenvalue weighted by molar-refractivity contribution is 5.83. The number of hydrogen-bond acceptors (Lipinski definition) is 4. The molecule has 0 unspecified atom stereocenters. The van der Waals surface area contributed by atoms with Gasteiger partial charge >= 0.3 is 5.91 Å². The van der Waals surface area contributed by atoms with E-state index in [1.165, 1.54) is 12.1 Å². The molecule has 0 heterocycles. The number of nitrogens with zero attached hydrogens (tertiary/aromatic N) is 2. The van der Waals surface area contributed by atoms with Gasteiger partial charge in [0.1, 0.15) is 0 Å². The maximum atomic E-state index is 10.8. The molecule has 1 aromatic rings. The summed E-state index contributed by atoms with van der Waals surface area (Å²) < 4.78 is 0. The lowest BCUT2D eigenvalue weighted by atomic mass is 10.1. The first kappa shape index (κ1) is 9.18. The van der Waals surface area contributed by atoms with Crippen LogP contribution in [0.3, 0.4) is 0 Å². The van der Waals surface area contributed by atoms with Gasteiger partial charge in [0.05, 0.1) is 0 Å². The first-order valence-corrected chi connectivity index (χ1v) is 3.54. The summed E-state index contributed by atoms with van der Waals surface area (Å²) in [7, 11) is 0. The maximum absolute atomic E-state index is 10.8. The Morgan fingerprint density at radius 1 is 1.15 bits per heavy atom. The molecule has 0 aliphatic carbocycles. The van der Waals surface area contributed by atoms with Crippen molar-refractivity contribution in [3.8, 4) is 0 Å². The molecular formula is C8H6N2O3. The average Bonchev–Trinajstić information content (AvgIpc) is 2.20. The fraction of sp³-hybridized carbons (Fsp3) is 0.125. The highest BCUT2D eigenvalue weighted by atomic mass is 16.3. The largest absolute Gasteiger partial charge is 0.318 e. The Morgan fingerprint density at radius 3 is 2.23 bits per heavy atom. The van der Waals surface area contributed by atoms with Crippen molar-refractivity contribution in [2.45, 2.75) is 6.04 Å². The second kappa shape index (κ2) is 4.20. The molecule has 1 amide bonds. The van der Waals surface area contributed by atoms with E-state index in [0.29, 0.717) is 5.56 Å². The van der Waals surface area contributed by atoms with Crippen LogP contribution >= 0.6 is 0 Å². The lowest BCUT2D eigenvalue weighted by Gasteiger charge is -2.01. The molecule has 5 nitrogen and oxygen atoms in total. The Morgan fingerprint density at radius 2 is 1.77 bits per heavy atom. The first-order valence-electron chi connectivity index (χ1n) is 3.54. The molecule has 0 radical (unpaired) electrons. The molecule has 66 valence electrons. The molecule has 5 heteroatoms. The van der Waals surface area contributed by atoms with Crippen LogP contribution in [0.25, 0.3) is 0 Å². The predicted octanol–water partition coefficient (Wildman–Crippen LogP) is 1.79. The summed E-state index contributed by atoms with van der Waals surface area (Å²) in [6, 6.07) is 6.78. The Kier molecular flexibility index (Phi) is 2.97. The molecule has 0 aliphatic rings. The van der Waals surface area contributed by atoms with Crippen LogP contribution in [0.2, 0.25) is 0 Å². The Balaban J connectivity index is 2.97. The Labute approximate surface area is 73.7 Å². The van der Waals surface area contributed by atoms with Gasteiger partial charge in [-0.1, -0.05) is 35.5 Å². The third-order valence-electron chi connectivity index (χ3n) is 1.54. The van der Waals surface area contributed by atoms with Gasteiger partial charge in [0.2, 0.25) is 6.04 Å². The van der Waals surface area contributed by atoms with E-state index in [0.717, 1.165) is 0 Å². The number of amides is 1. The van der Waals surface area contributed by atoms with E-state index in [4.69, 9.17) is 0 Å². The van der Waals surface area contributed by atoms with E-state index in [1.807, 2.05) is 0 Å². The number of benzene rings is 1. The summed E-state index contributed by atoms with van der Waals surface area (Å²) in [5.74, 6) is -1.07. The number of carbonyl (C=O) groups excluding carboxylic acids is 1. The van der Waals surface area contributed by atoms with Gasteiger partial charge < -0.3 is 0 Å². The van der Waals surface area contributed by atoms with Crippen LogP contribution in [0.4, 0.5) is 0 Å². The fourth-order valence-corrected chi connectivity index (χ4v) is 0.934. The van der Waals surface area contributed by atoms with Crippen LogP contribution < -0.4 is 0 Å². The van der Waals surface area contributed by atoms with Crippen molar-refractivity contribution in [2.75, 3.05) is 0 Å². The fourth-order valence-electron chi connectivity index (χ4n) is 0.934. The van der Waals surface area contributed by atoms with E-state index in [-0.39, 0.29) is 0 Å². The summed E-state index contributed by atoms with van der Waals surface area (Å²) >= 11 is 0. The molecule has 1 aromatic carbocycles. The second-order valence-corrected chi connectivity index (χ2v) is 2.35. The molecular weight excluding hydrogens is 172 g/mol. The lowest BCUT2D eigenvalue weighted by molar-refractivity contribution is -0.119. The minimum absolute atomic E-state index is 0.377. The van der Waals surface area contributed by atoms with Crippen LogP contribution in [0.1, 0.15) is 11.6 Å². The smallest absolute Gasteiger partial charge is 0.266 e. The van der Waals surface area contributed by atoms with Gasteiger partial charge in [-0.25, -0.2) is 0 Å².